The molecule has 1 aliphatic carbocycles. The molecule has 0 atom stereocenters. The van der Waals surface area contributed by atoms with Gasteiger partial charge in [0.15, 0.2) is 5.96 Å². The van der Waals surface area contributed by atoms with Gasteiger partial charge in [-0.05, 0) is 44.6 Å². The van der Waals surface area contributed by atoms with E-state index in [2.05, 4.69) is 33.9 Å². The monoisotopic (exact) mass is 505 g/mol. The van der Waals surface area contributed by atoms with Crippen LogP contribution in [0, 0.1) is 5.41 Å². The average molecular weight is 506 g/mol. The van der Waals surface area contributed by atoms with E-state index in [1.807, 2.05) is 0 Å². The van der Waals surface area contributed by atoms with Gasteiger partial charge in [-0.15, -0.1) is 24.0 Å². The Bertz CT molecular complexity index is 454. The first-order valence-corrected chi connectivity index (χ1v) is 11.7. The second kappa shape index (κ2) is 12.6. The zero-order valence-electron chi connectivity index (χ0n) is 18.4. The number of aliphatic imine (C=N–C) groups is 1. The van der Waals surface area contributed by atoms with Gasteiger partial charge < -0.3 is 15.1 Å². The van der Waals surface area contributed by atoms with E-state index in [1.165, 1.54) is 103 Å². The predicted molar refractivity (Wildman–Crippen MR) is 131 cm³/mol. The number of rotatable bonds is 5. The standard InChI is InChI=1S/C22H43N5.HI/c1-3-23-21(24-13-15-26-18-16-25(4-2)17-19-26)27-14-9-12-22(20-27)10-7-5-6-8-11-22;/h3-20H2,1-2H3,(H,23,24);1H. The van der Waals surface area contributed by atoms with E-state index < -0.39 is 0 Å². The molecule has 1 N–H and O–H groups in total. The lowest BCUT2D eigenvalue weighted by molar-refractivity contribution is 0.115. The Balaban J connectivity index is 0.00000280. The lowest BCUT2D eigenvalue weighted by atomic mass is 9.74. The number of piperidine rings is 1. The molecular formula is C22H44IN5. The largest absolute Gasteiger partial charge is 0.357 e. The van der Waals surface area contributed by atoms with Crippen LogP contribution in [-0.4, -0.2) is 86.1 Å². The summed E-state index contributed by atoms with van der Waals surface area (Å²) in [5, 5.41) is 3.59. The topological polar surface area (TPSA) is 34.1 Å². The molecule has 0 unspecified atom stereocenters. The highest BCUT2D eigenvalue weighted by Gasteiger charge is 2.36. The lowest BCUT2D eigenvalue weighted by Gasteiger charge is -2.44. The first-order chi connectivity index (χ1) is 13.2. The zero-order chi connectivity index (χ0) is 19.0. The SMILES string of the molecule is CCNC(=NCCN1CCN(CC)CC1)N1CCCC2(CCCCCC2)C1.I. The predicted octanol–water partition coefficient (Wildman–Crippen LogP) is 3.64. The Kier molecular flexibility index (Phi) is 10.9. The maximum absolute atomic E-state index is 5.05. The van der Waals surface area contributed by atoms with Gasteiger partial charge in [-0.25, -0.2) is 0 Å². The lowest BCUT2D eigenvalue weighted by Crippen LogP contribution is -2.51. The normalized spacial score (nSPS) is 24.6. The molecular weight excluding hydrogens is 461 g/mol. The molecule has 2 aliphatic heterocycles. The first kappa shape index (κ1) is 24.2. The molecule has 0 aromatic rings. The van der Waals surface area contributed by atoms with Crippen LogP contribution in [-0.2, 0) is 0 Å². The molecule has 2 saturated heterocycles. The number of hydrogen-bond acceptors (Lipinski definition) is 3. The summed E-state index contributed by atoms with van der Waals surface area (Å²) in [6.07, 6.45) is 11.4. The van der Waals surface area contributed by atoms with Crippen molar-refractivity contribution < 1.29 is 0 Å². The van der Waals surface area contributed by atoms with Crippen LogP contribution in [0.1, 0.15) is 65.2 Å². The summed E-state index contributed by atoms with van der Waals surface area (Å²) >= 11 is 0. The van der Waals surface area contributed by atoms with Crippen molar-refractivity contribution in [2.24, 2.45) is 10.4 Å². The van der Waals surface area contributed by atoms with Crippen LogP contribution in [0.25, 0.3) is 0 Å². The molecule has 3 rings (SSSR count). The second-order valence-electron chi connectivity index (χ2n) is 8.95. The van der Waals surface area contributed by atoms with Gasteiger partial charge in [-0.1, -0.05) is 32.6 Å². The molecule has 0 aromatic heterocycles. The van der Waals surface area contributed by atoms with Crippen molar-refractivity contribution in [3.63, 3.8) is 0 Å². The van der Waals surface area contributed by atoms with E-state index in [0.717, 1.165) is 19.6 Å². The van der Waals surface area contributed by atoms with Gasteiger partial charge in [0.2, 0.25) is 0 Å². The van der Waals surface area contributed by atoms with Gasteiger partial charge in [0.05, 0.1) is 6.54 Å². The summed E-state index contributed by atoms with van der Waals surface area (Å²) in [6.45, 7) is 15.9. The summed E-state index contributed by atoms with van der Waals surface area (Å²) in [7, 11) is 0. The highest BCUT2D eigenvalue weighted by Crippen LogP contribution is 2.42. The fraction of sp³-hybridized carbons (Fsp3) is 0.955. The van der Waals surface area contributed by atoms with Crippen molar-refractivity contribution >= 4 is 29.9 Å². The molecule has 1 spiro atoms. The molecule has 28 heavy (non-hydrogen) atoms. The highest BCUT2D eigenvalue weighted by molar-refractivity contribution is 14.0. The molecule has 164 valence electrons. The summed E-state index contributed by atoms with van der Waals surface area (Å²) in [4.78, 5) is 12.8. The number of guanidine groups is 1. The van der Waals surface area contributed by atoms with Crippen LogP contribution >= 0.6 is 24.0 Å². The van der Waals surface area contributed by atoms with E-state index in [0.29, 0.717) is 5.41 Å². The van der Waals surface area contributed by atoms with Crippen LogP contribution in [0.4, 0.5) is 0 Å². The van der Waals surface area contributed by atoms with Gasteiger partial charge in [0, 0.05) is 52.4 Å². The minimum absolute atomic E-state index is 0. The van der Waals surface area contributed by atoms with E-state index in [-0.39, 0.29) is 24.0 Å². The number of nitrogens with one attached hydrogen (secondary N) is 1. The summed E-state index contributed by atoms with van der Waals surface area (Å²) in [5.41, 5.74) is 0.571. The van der Waals surface area contributed by atoms with Crippen molar-refractivity contribution in [1.82, 2.24) is 20.0 Å². The molecule has 0 amide bonds. The van der Waals surface area contributed by atoms with Crippen LogP contribution in [0.15, 0.2) is 4.99 Å². The molecule has 1 saturated carbocycles. The molecule has 0 aromatic carbocycles. The van der Waals surface area contributed by atoms with Gasteiger partial charge in [-0.3, -0.25) is 9.89 Å². The fourth-order valence-electron chi connectivity index (χ4n) is 5.33. The second-order valence-corrected chi connectivity index (χ2v) is 8.95. The summed E-state index contributed by atoms with van der Waals surface area (Å²) in [6, 6.07) is 0. The Hall–Kier alpha value is -0.0800. The van der Waals surface area contributed by atoms with Crippen molar-refractivity contribution in [1.29, 1.82) is 0 Å². The van der Waals surface area contributed by atoms with Crippen LogP contribution < -0.4 is 5.32 Å². The minimum atomic E-state index is 0. The number of halogens is 1. The maximum Gasteiger partial charge on any atom is 0.193 e. The van der Waals surface area contributed by atoms with E-state index in [9.17, 15) is 0 Å². The number of likely N-dealkylation sites (N-methyl/N-ethyl adjacent to an activating group) is 1. The van der Waals surface area contributed by atoms with Crippen molar-refractivity contribution in [2.75, 3.05) is 65.4 Å². The van der Waals surface area contributed by atoms with Crippen molar-refractivity contribution in [2.45, 2.75) is 65.2 Å². The first-order valence-electron chi connectivity index (χ1n) is 11.7. The fourth-order valence-corrected chi connectivity index (χ4v) is 5.33. The Labute approximate surface area is 190 Å². The summed E-state index contributed by atoms with van der Waals surface area (Å²) < 4.78 is 0. The van der Waals surface area contributed by atoms with E-state index >= 15 is 0 Å². The van der Waals surface area contributed by atoms with Gasteiger partial charge in [-0.2, -0.15) is 0 Å². The van der Waals surface area contributed by atoms with Gasteiger partial charge in [0.25, 0.3) is 0 Å². The third kappa shape index (κ3) is 7.01. The molecule has 6 heteroatoms. The van der Waals surface area contributed by atoms with Gasteiger partial charge in [0.1, 0.15) is 0 Å². The highest BCUT2D eigenvalue weighted by atomic mass is 127. The summed E-state index contributed by atoms with van der Waals surface area (Å²) in [5.74, 6) is 1.17. The molecule has 5 nitrogen and oxygen atoms in total. The van der Waals surface area contributed by atoms with Gasteiger partial charge >= 0.3 is 0 Å². The Morgan fingerprint density at radius 3 is 2.14 bits per heavy atom. The number of likely N-dealkylation sites (tertiary alicyclic amines) is 1. The van der Waals surface area contributed by atoms with Crippen LogP contribution in [0.3, 0.4) is 0 Å². The number of piperazine rings is 1. The average Bonchev–Trinajstić information content (AvgIpc) is 2.93. The molecule has 3 fully saturated rings. The Morgan fingerprint density at radius 1 is 0.857 bits per heavy atom. The Morgan fingerprint density at radius 2 is 1.50 bits per heavy atom. The van der Waals surface area contributed by atoms with Crippen molar-refractivity contribution in [3.8, 4) is 0 Å². The van der Waals surface area contributed by atoms with Crippen molar-refractivity contribution in [3.05, 3.63) is 0 Å². The maximum atomic E-state index is 5.05. The third-order valence-corrected chi connectivity index (χ3v) is 7.05. The minimum Gasteiger partial charge on any atom is -0.357 e. The molecule has 2 heterocycles. The number of nitrogens with zero attached hydrogens (tertiary/aromatic N) is 4. The van der Waals surface area contributed by atoms with E-state index in [4.69, 9.17) is 4.99 Å². The van der Waals surface area contributed by atoms with Crippen LogP contribution in [0.2, 0.25) is 0 Å². The van der Waals surface area contributed by atoms with E-state index in [1.54, 1.807) is 0 Å². The third-order valence-electron chi connectivity index (χ3n) is 7.05. The zero-order valence-corrected chi connectivity index (χ0v) is 20.8. The molecule has 3 aliphatic rings. The quantitative estimate of drug-likeness (QED) is 0.352. The smallest absolute Gasteiger partial charge is 0.193 e. The number of hydrogen-bond donors (Lipinski definition) is 1. The van der Waals surface area contributed by atoms with Crippen LogP contribution in [0.5, 0.6) is 0 Å². The molecule has 0 radical (unpaired) electrons. The molecule has 0 bridgehead atoms.